The number of halogens is 1. The van der Waals surface area contributed by atoms with Gasteiger partial charge in [0.25, 0.3) is 0 Å². The van der Waals surface area contributed by atoms with Gasteiger partial charge in [0.15, 0.2) is 0 Å². The molecule has 0 atom stereocenters. The van der Waals surface area contributed by atoms with Crippen LogP contribution in [0.1, 0.15) is 19.8 Å². The van der Waals surface area contributed by atoms with Gasteiger partial charge in [0.1, 0.15) is 0 Å². The smallest absolute Gasteiger partial charge is 0.225 e. The lowest BCUT2D eigenvalue weighted by Gasteiger charge is -2.21. The Labute approximate surface area is 99.0 Å². The van der Waals surface area contributed by atoms with Crippen molar-refractivity contribution in [3.05, 3.63) is 16.9 Å². The predicted octanol–water partition coefficient (Wildman–Crippen LogP) is 1.80. The van der Waals surface area contributed by atoms with Gasteiger partial charge in [0.2, 0.25) is 5.95 Å². The van der Waals surface area contributed by atoms with E-state index in [4.69, 9.17) is 5.73 Å². The highest BCUT2D eigenvalue weighted by molar-refractivity contribution is 9.10. The number of nitrogens with zero attached hydrogens (tertiary/aromatic N) is 3. The molecule has 0 unspecified atom stereocenters. The van der Waals surface area contributed by atoms with Gasteiger partial charge >= 0.3 is 0 Å². The molecule has 0 aromatic carbocycles. The Morgan fingerprint density at radius 3 is 2.53 bits per heavy atom. The summed E-state index contributed by atoms with van der Waals surface area (Å²) in [7, 11) is 0. The molecule has 0 fully saturated rings. The molecule has 0 saturated heterocycles. The first-order valence-electron chi connectivity index (χ1n) is 5.20. The average Bonchev–Trinajstić information content (AvgIpc) is 2.25. The first-order valence-corrected chi connectivity index (χ1v) is 5.99. The first-order chi connectivity index (χ1) is 7.27. The molecule has 1 aromatic rings. The summed E-state index contributed by atoms with van der Waals surface area (Å²) in [5.41, 5.74) is 5.50. The molecular formula is C10H17BrN4. The Bertz CT molecular complexity index is 275. The molecule has 0 spiro atoms. The Kier molecular flexibility index (Phi) is 5.57. The van der Waals surface area contributed by atoms with E-state index in [1.807, 2.05) is 0 Å². The van der Waals surface area contributed by atoms with Crippen molar-refractivity contribution in [3.8, 4) is 0 Å². The summed E-state index contributed by atoms with van der Waals surface area (Å²) >= 11 is 3.32. The van der Waals surface area contributed by atoms with Crippen molar-refractivity contribution in [2.24, 2.45) is 5.73 Å². The van der Waals surface area contributed by atoms with Gasteiger partial charge in [-0.1, -0.05) is 6.92 Å². The Balaban J connectivity index is 2.65. The zero-order valence-electron chi connectivity index (χ0n) is 8.99. The summed E-state index contributed by atoms with van der Waals surface area (Å²) in [5, 5.41) is 0. The van der Waals surface area contributed by atoms with E-state index in [-0.39, 0.29) is 0 Å². The van der Waals surface area contributed by atoms with Crippen LogP contribution in [0.5, 0.6) is 0 Å². The summed E-state index contributed by atoms with van der Waals surface area (Å²) in [6.45, 7) is 4.75. The van der Waals surface area contributed by atoms with E-state index >= 15 is 0 Å². The number of rotatable bonds is 6. The second kappa shape index (κ2) is 6.74. The molecule has 1 heterocycles. The summed E-state index contributed by atoms with van der Waals surface area (Å²) in [5.74, 6) is 0.786. The second-order valence-electron chi connectivity index (χ2n) is 3.33. The Morgan fingerprint density at radius 2 is 2.00 bits per heavy atom. The van der Waals surface area contributed by atoms with Crippen LogP contribution in [0.3, 0.4) is 0 Å². The normalized spacial score (nSPS) is 10.3. The van der Waals surface area contributed by atoms with Gasteiger partial charge < -0.3 is 10.6 Å². The van der Waals surface area contributed by atoms with Gasteiger partial charge in [0, 0.05) is 25.5 Å². The summed E-state index contributed by atoms with van der Waals surface area (Å²) in [6.07, 6.45) is 5.60. The van der Waals surface area contributed by atoms with Crippen LogP contribution in [0.4, 0.5) is 5.95 Å². The maximum atomic E-state index is 5.50. The van der Waals surface area contributed by atoms with Crippen LogP contribution in [-0.2, 0) is 0 Å². The van der Waals surface area contributed by atoms with E-state index in [0.29, 0.717) is 6.54 Å². The molecule has 0 saturated carbocycles. The highest BCUT2D eigenvalue weighted by Gasteiger charge is 2.07. The van der Waals surface area contributed by atoms with Crippen LogP contribution < -0.4 is 10.6 Å². The van der Waals surface area contributed by atoms with E-state index in [0.717, 1.165) is 36.4 Å². The standard InChI is InChI=1S/C10H17BrN4/c1-2-5-15(6-3-4-12)10-13-7-9(11)8-14-10/h7-8H,2-6,12H2,1H3. The molecule has 2 N–H and O–H groups in total. The number of hydrogen-bond donors (Lipinski definition) is 1. The lowest BCUT2D eigenvalue weighted by atomic mass is 10.3. The Hall–Kier alpha value is -0.680. The second-order valence-corrected chi connectivity index (χ2v) is 4.25. The van der Waals surface area contributed by atoms with Crippen LogP contribution in [-0.4, -0.2) is 29.6 Å². The van der Waals surface area contributed by atoms with Crippen molar-refractivity contribution in [1.82, 2.24) is 9.97 Å². The predicted molar refractivity (Wildman–Crippen MR) is 65.9 cm³/mol. The lowest BCUT2D eigenvalue weighted by Crippen LogP contribution is -2.28. The van der Waals surface area contributed by atoms with Crippen LogP contribution in [0.25, 0.3) is 0 Å². The molecule has 4 nitrogen and oxygen atoms in total. The maximum absolute atomic E-state index is 5.50. The number of nitrogens with two attached hydrogens (primary N) is 1. The van der Waals surface area contributed by atoms with E-state index in [1.54, 1.807) is 12.4 Å². The summed E-state index contributed by atoms with van der Waals surface area (Å²) in [4.78, 5) is 10.7. The summed E-state index contributed by atoms with van der Waals surface area (Å²) < 4.78 is 0.904. The third-order valence-electron chi connectivity index (χ3n) is 2.02. The fraction of sp³-hybridized carbons (Fsp3) is 0.600. The number of anilines is 1. The molecular weight excluding hydrogens is 256 g/mol. The van der Waals surface area contributed by atoms with Crippen molar-refractivity contribution >= 4 is 21.9 Å². The highest BCUT2D eigenvalue weighted by atomic mass is 79.9. The zero-order chi connectivity index (χ0) is 11.1. The Morgan fingerprint density at radius 1 is 1.33 bits per heavy atom. The molecule has 0 radical (unpaired) electrons. The SMILES string of the molecule is CCCN(CCCN)c1ncc(Br)cn1. The highest BCUT2D eigenvalue weighted by Crippen LogP contribution is 2.11. The van der Waals surface area contributed by atoms with Crippen molar-refractivity contribution in [2.75, 3.05) is 24.5 Å². The van der Waals surface area contributed by atoms with E-state index in [2.05, 4.69) is 37.7 Å². The van der Waals surface area contributed by atoms with Crippen molar-refractivity contribution in [2.45, 2.75) is 19.8 Å². The van der Waals surface area contributed by atoms with Gasteiger partial charge in [-0.05, 0) is 35.3 Å². The fourth-order valence-electron chi connectivity index (χ4n) is 1.33. The molecule has 5 heteroatoms. The topological polar surface area (TPSA) is 55.0 Å². The van der Waals surface area contributed by atoms with Gasteiger partial charge in [-0.3, -0.25) is 0 Å². The van der Waals surface area contributed by atoms with Crippen molar-refractivity contribution in [1.29, 1.82) is 0 Å². The quantitative estimate of drug-likeness (QED) is 0.858. The maximum Gasteiger partial charge on any atom is 0.225 e. The molecule has 0 amide bonds. The third kappa shape index (κ3) is 4.13. The minimum Gasteiger partial charge on any atom is -0.341 e. The van der Waals surface area contributed by atoms with Gasteiger partial charge in [-0.15, -0.1) is 0 Å². The molecule has 0 aliphatic rings. The van der Waals surface area contributed by atoms with E-state index in [1.165, 1.54) is 0 Å². The largest absolute Gasteiger partial charge is 0.341 e. The van der Waals surface area contributed by atoms with E-state index in [9.17, 15) is 0 Å². The molecule has 1 rings (SSSR count). The fourth-order valence-corrected chi connectivity index (χ4v) is 1.54. The van der Waals surface area contributed by atoms with Crippen LogP contribution >= 0.6 is 15.9 Å². The molecule has 0 aliphatic carbocycles. The monoisotopic (exact) mass is 272 g/mol. The number of hydrogen-bond acceptors (Lipinski definition) is 4. The summed E-state index contributed by atoms with van der Waals surface area (Å²) in [6, 6.07) is 0. The van der Waals surface area contributed by atoms with Crippen LogP contribution in [0.15, 0.2) is 16.9 Å². The van der Waals surface area contributed by atoms with Crippen LogP contribution in [0, 0.1) is 0 Å². The van der Waals surface area contributed by atoms with Gasteiger partial charge in [-0.2, -0.15) is 0 Å². The lowest BCUT2D eigenvalue weighted by molar-refractivity contribution is 0.700. The zero-order valence-corrected chi connectivity index (χ0v) is 10.6. The molecule has 1 aromatic heterocycles. The van der Waals surface area contributed by atoms with Crippen molar-refractivity contribution in [3.63, 3.8) is 0 Å². The minimum absolute atomic E-state index is 0.705. The first kappa shape index (κ1) is 12.4. The van der Waals surface area contributed by atoms with Gasteiger partial charge in [-0.25, -0.2) is 9.97 Å². The molecule has 15 heavy (non-hydrogen) atoms. The molecule has 0 bridgehead atoms. The molecule has 0 aliphatic heterocycles. The van der Waals surface area contributed by atoms with Crippen molar-refractivity contribution < 1.29 is 0 Å². The number of aromatic nitrogens is 2. The molecule has 84 valence electrons. The van der Waals surface area contributed by atoms with E-state index < -0.39 is 0 Å². The third-order valence-corrected chi connectivity index (χ3v) is 2.42. The van der Waals surface area contributed by atoms with Gasteiger partial charge in [0.05, 0.1) is 4.47 Å². The minimum atomic E-state index is 0.705. The van der Waals surface area contributed by atoms with Crippen LogP contribution in [0.2, 0.25) is 0 Å². The average molecular weight is 273 g/mol.